The number of nitrogens with zero attached hydrogens (tertiary/aromatic N) is 4. The van der Waals surface area contributed by atoms with Crippen LogP contribution < -0.4 is 5.32 Å². The van der Waals surface area contributed by atoms with Gasteiger partial charge in [-0.15, -0.1) is 5.10 Å². The molecule has 5 nitrogen and oxygen atoms in total. The topological polar surface area (TPSA) is 55.6 Å². The predicted molar refractivity (Wildman–Crippen MR) is 95.8 cm³/mol. The quantitative estimate of drug-likeness (QED) is 0.621. The molecule has 0 aliphatic rings. The number of tetrazole rings is 1. The summed E-state index contributed by atoms with van der Waals surface area (Å²) in [6, 6.07) is 24.3. The van der Waals surface area contributed by atoms with Crippen molar-refractivity contribution in [2.24, 2.45) is 0 Å². The van der Waals surface area contributed by atoms with E-state index in [2.05, 4.69) is 39.0 Å². The molecular formula is C19H15N5. The number of rotatable bonds is 4. The van der Waals surface area contributed by atoms with Crippen molar-refractivity contribution in [2.75, 3.05) is 5.32 Å². The lowest BCUT2D eigenvalue weighted by molar-refractivity contribution is 0.787. The van der Waals surface area contributed by atoms with E-state index in [4.69, 9.17) is 0 Å². The van der Waals surface area contributed by atoms with E-state index in [1.54, 1.807) is 4.68 Å². The van der Waals surface area contributed by atoms with Crippen LogP contribution in [0.15, 0.2) is 79.0 Å². The van der Waals surface area contributed by atoms with Crippen LogP contribution >= 0.6 is 0 Å². The number of nitrogens with one attached hydrogen (secondary N) is 1. The van der Waals surface area contributed by atoms with E-state index in [0.29, 0.717) is 5.82 Å². The fourth-order valence-corrected chi connectivity index (χ4v) is 2.61. The summed E-state index contributed by atoms with van der Waals surface area (Å²) in [5, 5.41) is 17.5. The standard InChI is InChI=1S/C19H15N5/c1-2-9-16(10-3-1)24-19(21-22-23-24)13-14-20-18-12-6-8-15-7-4-5-11-17(15)18/h1-14,20H/b14-13+. The molecule has 0 fully saturated rings. The molecule has 5 heteroatoms. The number of anilines is 1. The van der Waals surface area contributed by atoms with E-state index in [1.165, 1.54) is 10.8 Å². The Balaban J connectivity index is 1.60. The molecule has 0 amide bonds. The van der Waals surface area contributed by atoms with Gasteiger partial charge in [0, 0.05) is 23.3 Å². The van der Waals surface area contributed by atoms with Crippen LogP contribution in [-0.2, 0) is 0 Å². The summed E-state index contributed by atoms with van der Waals surface area (Å²) in [7, 11) is 0. The smallest absolute Gasteiger partial charge is 0.181 e. The Kier molecular flexibility index (Phi) is 3.73. The first-order valence-electron chi connectivity index (χ1n) is 7.66. The maximum Gasteiger partial charge on any atom is 0.181 e. The molecule has 24 heavy (non-hydrogen) atoms. The van der Waals surface area contributed by atoms with Crippen LogP contribution in [0.4, 0.5) is 5.69 Å². The molecule has 0 unspecified atom stereocenters. The van der Waals surface area contributed by atoms with Gasteiger partial charge in [-0.3, -0.25) is 0 Å². The van der Waals surface area contributed by atoms with Gasteiger partial charge in [-0.2, -0.15) is 4.68 Å². The molecule has 1 heterocycles. The zero-order valence-electron chi connectivity index (χ0n) is 12.9. The van der Waals surface area contributed by atoms with Crippen LogP contribution in [0.1, 0.15) is 5.82 Å². The minimum atomic E-state index is 0.661. The molecule has 4 aromatic rings. The van der Waals surface area contributed by atoms with Crippen LogP contribution in [0.2, 0.25) is 0 Å². The lowest BCUT2D eigenvalue weighted by Crippen LogP contribution is -1.99. The summed E-state index contributed by atoms with van der Waals surface area (Å²) < 4.78 is 1.70. The minimum Gasteiger partial charge on any atom is -0.361 e. The van der Waals surface area contributed by atoms with Crippen molar-refractivity contribution in [3.63, 3.8) is 0 Å². The number of aromatic nitrogens is 4. The molecule has 1 aromatic heterocycles. The van der Waals surface area contributed by atoms with Crippen molar-refractivity contribution in [2.45, 2.75) is 0 Å². The maximum absolute atomic E-state index is 4.06. The van der Waals surface area contributed by atoms with Gasteiger partial charge in [0.05, 0.1) is 5.69 Å². The highest BCUT2D eigenvalue weighted by Crippen LogP contribution is 2.23. The first-order chi connectivity index (χ1) is 11.9. The van der Waals surface area contributed by atoms with Gasteiger partial charge in [0.1, 0.15) is 0 Å². The Morgan fingerprint density at radius 1 is 0.833 bits per heavy atom. The second-order valence-electron chi connectivity index (χ2n) is 5.29. The van der Waals surface area contributed by atoms with Gasteiger partial charge >= 0.3 is 0 Å². The van der Waals surface area contributed by atoms with Gasteiger partial charge in [-0.05, 0) is 34.0 Å². The van der Waals surface area contributed by atoms with Gasteiger partial charge < -0.3 is 5.32 Å². The second kappa shape index (κ2) is 6.34. The van der Waals surface area contributed by atoms with Crippen molar-refractivity contribution in [1.29, 1.82) is 0 Å². The molecule has 0 spiro atoms. The van der Waals surface area contributed by atoms with Crippen molar-refractivity contribution in [3.05, 3.63) is 84.8 Å². The van der Waals surface area contributed by atoms with E-state index < -0.39 is 0 Å². The highest BCUT2D eigenvalue weighted by Gasteiger charge is 2.04. The molecule has 0 saturated carbocycles. The SMILES string of the molecule is C(=C\c1nnnn1-c1ccccc1)/Nc1cccc2ccccc12. The van der Waals surface area contributed by atoms with E-state index in [9.17, 15) is 0 Å². The second-order valence-corrected chi connectivity index (χ2v) is 5.29. The summed E-state index contributed by atoms with van der Waals surface area (Å²) in [6.45, 7) is 0. The van der Waals surface area contributed by atoms with Gasteiger partial charge in [0.15, 0.2) is 5.82 Å². The number of benzene rings is 3. The van der Waals surface area contributed by atoms with Crippen molar-refractivity contribution in [3.8, 4) is 5.69 Å². The van der Waals surface area contributed by atoms with Crippen LogP contribution in [-0.4, -0.2) is 20.2 Å². The Bertz CT molecular complexity index is 984. The third-order valence-corrected chi connectivity index (χ3v) is 3.76. The first-order valence-corrected chi connectivity index (χ1v) is 7.66. The fraction of sp³-hybridized carbons (Fsp3) is 0. The third-order valence-electron chi connectivity index (χ3n) is 3.76. The van der Waals surface area contributed by atoms with E-state index in [-0.39, 0.29) is 0 Å². The molecular weight excluding hydrogens is 298 g/mol. The number of para-hydroxylation sites is 1. The Morgan fingerprint density at radius 2 is 1.62 bits per heavy atom. The highest BCUT2D eigenvalue weighted by molar-refractivity contribution is 5.94. The predicted octanol–water partition coefficient (Wildman–Crippen LogP) is 3.90. The van der Waals surface area contributed by atoms with Crippen molar-refractivity contribution in [1.82, 2.24) is 20.2 Å². The van der Waals surface area contributed by atoms with E-state index in [1.807, 2.05) is 66.9 Å². The molecule has 0 radical (unpaired) electrons. The van der Waals surface area contributed by atoms with E-state index >= 15 is 0 Å². The van der Waals surface area contributed by atoms with E-state index in [0.717, 1.165) is 11.4 Å². The molecule has 3 aromatic carbocycles. The maximum atomic E-state index is 4.06. The molecule has 0 atom stereocenters. The number of hydrogen-bond donors (Lipinski definition) is 1. The third kappa shape index (κ3) is 2.75. The van der Waals surface area contributed by atoms with Crippen LogP contribution in [0, 0.1) is 0 Å². The first kappa shape index (κ1) is 14.1. The summed E-state index contributed by atoms with van der Waals surface area (Å²) >= 11 is 0. The summed E-state index contributed by atoms with van der Waals surface area (Å²) in [5.74, 6) is 0.661. The zero-order valence-corrected chi connectivity index (χ0v) is 12.9. The molecule has 1 N–H and O–H groups in total. The minimum absolute atomic E-state index is 0.661. The van der Waals surface area contributed by atoms with Gasteiger partial charge in [-0.1, -0.05) is 54.6 Å². The molecule has 0 aliphatic carbocycles. The zero-order chi connectivity index (χ0) is 16.2. The Morgan fingerprint density at radius 3 is 2.54 bits per heavy atom. The number of hydrogen-bond acceptors (Lipinski definition) is 4. The van der Waals surface area contributed by atoms with Crippen molar-refractivity contribution < 1.29 is 0 Å². The molecule has 0 bridgehead atoms. The summed E-state index contributed by atoms with van der Waals surface area (Å²) in [4.78, 5) is 0. The average molecular weight is 313 g/mol. The lowest BCUT2D eigenvalue weighted by atomic mass is 10.1. The molecule has 116 valence electrons. The van der Waals surface area contributed by atoms with Crippen LogP contribution in [0.5, 0.6) is 0 Å². The largest absolute Gasteiger partial charge is 0.361 e. The Labute approximate surface area is 139 Å². The average Bonchev–Trinajstić information content (AvgIpc) is 3.11. The molecule has 0 aliphatic heterocycles. The van der Waals surface area contributed by atoms with Crippen LogP contribution in [0.25, 0.3) is 22.5 Å². The van der Waals surface area contributed by atoms with Gasteiger partial charge in [0.2, 0.25) is 0 Å². The Hall–Kier alpha value is -3.47. The molecule has 4 rings (SSSR count). The van der Waals surface area contributed by atoms with Gasteiger partial charge in [-0.25, -0.2) is 0 Å². The van der Waals surface area contributed by atoms with Crippen molar-refractivity contribution >= 4 is 22.5 Å². The van der Waals surface area contributed by atoms with Gasteiger partial charge in [0.25, 0.3) is 0 Å². The van der Waals surface area contributed by atoms with Crippen LogP contribution in [0.3, 0.4) is 0 Å². The molecule has 0 saturated heterocycles. The normalized spacial score (nSPS) is 11.2. The number of fused-ring (bicyclic) bond motifs is 1. The summed E-state index contributed by atoms with van der Waals surface area (Å²) in [6.07, 6.45) is 3.71. The fourth-order valence-electron chi connectivity index (χ4n) is 2.61. The monoisotopic (exact) mass is 313 g/mol. The highest BCUT2D eigenvalue weighted by atomic mass is 15.5. The summed E-state index contributed by atoms with van der Waals surface area (Å²) in [5.41, 5.74) is 1.97. The lowest BCUT2D eigenvalue weighted by Gasteiger charge is -2.06.